The first-order chi connectivity index (χ1) is 14.5. The van der Waals surface area contributed by atoms with Crippen LogP contribution in [-0.2, 0) is 10.3 Å². The van der Waals surface area contributed by atoms with Crippen LogP contribution in [-0.4, -0.2) is 46.8 Å². The van der Waals surface area contributed by atoms with Crippen LogP contribution in [0.15, 0.2) is 77.6 Å². The number of carbonyl (C=O) groups excluding carboxylic acids is 1. The number of aromatic nitrogens is 2. The lowest BCUT2D eigenvalue weighted by Gasteiger charge is -2.39. The second kappa shape index (κ2) is 8.14. The Kier molecular flexibility index (Phi) is 5.40. The van der Waals surface area contributed by atoms with Gasteiger partial charge in [-0.2, -0.15) is 5.10 Å². The van der Waals surface area contributed by atoms with Gasteiger partial charge >= 0.3 is 0 Å². The molecule has 2 aromatic carbocycles. The minimum Gasteiger partial charge on any atom is -0.368 e. The number of piperazine rings is 1. The highest BCUT2D eigenvalue weighted by molar-refractivity contribution is 5.84. The fraction of sp³-hybridized carbons (Fsp3) is 0.292. The van der Waals surface area contributed by atoms with Gasteiger partial charge in [0.1, 0.15) is 5.54 Å². The van der Waals surface area contributed by atoms with Gasteiger partial charge in [0.25, 0.3) is 5.56 Å². The second-order valence-electron chi connectivity index (χ2n) is 8.01. The van der Waals surface area contributed by atoms with Crippen molar-refractivity contribution < 1.29 is 4.79 Å². The monoisotopic (exact) mass is 402 g/mol. The summed E-state index contributed by atoms with van der Waals surface area (Å²) in [6.07, 6.45) is 0. The van der Waals surface area contributed by atoms with Gasteiger partial charge in [-0.05, 0) is 32.0 Å². The average Bonchev–Trinajstić information content (AvgIpc) is 2.80. The molecule has 6 heteroatoms. The lowest BCUT2D eigenvalue weighted by Crippen LogP contribution is -2.56. The van der Waals surface area contributed by atoms with Gasteiger partial charge in [-0.15, -0.1) is 0 Å². The molecule has 0 N–H and O–H groups in total. The minimum atomic E-state index is -1.07. The summed E-state index contributed by atoms with van der Waals surface area (Å²) < 4.78 is 1.32. The number of anilines is 1. The normalized spacial score (nSPS) is 14.6. The van der Waals surface area contributed by atoms with E-state index < -0.39 is 5.54 Å². The summed E-state index contributed by atoms with van der Waals surface area (Å²) in [4.78, 5) is 30.1. The molecule has 0 radical (unpaired) electrons. The molecule has 3 aromatic rings. The summed E-state index contributed by atoms with van der Waals surface area (Å²) in [5, 5.41) is 4.54. The molecule has 1 saturated heterocycles. The van der Waals surface area contributed by atoms with Crippen molar-refractivity contribution in [2.45, 2.75) is 19.4 Å². The summed E-state index contributed by atoms with van der Waals surface area (Å²) in [6.45, 7) is 6.29. The van der Waals surface area contributed by atoms with E-state index in [1.54, 1.807) is 19.9 Å². The quantitative estimate of drug-likeness (QED) is 0.673. The molecular weight excluding hydrogens is 376 g/mol. The predicted octanol–water partition coefficient (Wildman–Crippen LogP) is 2.99. The molecular formula is C24H26N4O2. The zero-order valence-electron chi connectivity index (χ0n) is 17.4. The van der Waals surface area contributed by atoms with Gasteiger partial charge in [-0.3, -0.25) is 9.59 Å². The third kappa shape index (κ3) is 3.85. The minimum absolute atomic E-state index is 0.0879. The van der Waals surface area contributed by atoms with Crippen LogP contribution in [0.5, 0.6) is 0 Å². The third-order valence-electron chi connectivity index (χ3n) is 5.61. The molecule has 4 rings (SSSR count). The Balaban J connectivity index is 1.54. The van der Waals surface area contributed by atoms with Gasteiger partial charge in [-0.1, -0.05) is 48.5 Å². The number of hydrogen-bond donors (Lipinski definition) is 0. The van der Waals surface area contributed by atoms with E-state index in [0.29, 0.717) is 18.8 Å². The molecule has 0 unspecified atom stereocenters. The molecule has 0 saturated carbocycles. The highest BCUT2D eigenvalue weighted by Crippen LogP contribution is 2.22. The Labute approximate surface area is 176 Å². The summed E-state index contributed by atoms with van der Waals surface area (Å²) in [6, 6.07) is 23.1. The van der Waals surface area contributed by atoms with Crippen LogP contribution in [0.4, 0.5) is 5.69 Å². The number of carbonyl (C=O) groups is 1. The lowest BCUT2D eigenvalue weighted by atomic mass is 10.0. The van der Waals surface area contributed by atoms with E-state index in [0.717, 1.165) is 24.3 Å². The number of benzene rings is 2. The first kappa shape index (κ1) is 19.9. The van der Waals surface area contributed by atoms with Crippen LogP contribution in [0.25, 0.3) is 11.3 Å². The highest BCUT2D eigenvalue weighted by atomic mass is 16.2. The van der Waals surface area contributed by atoms with Gasteiger partial charge in [0.15, 0.2) is 0 Å². The third-order valence-corrected chi connectivity index (χ3v) is 5.61. The van der Waals surface area contributed by atoms with E-state index in [1.165, 1.54) is 10.7 Å². The maximum absolute atomic E-state index is 13.4. The molecule has 1 amide bonds. The molecule has 0 bridgehead atoms. The summed E-state index contributed by atoms with van der Waals surface area (Å²) in [5.74, 6) is -0.0879. The van der Waals surface area contributed by atoms with Gasteiger partial charge in [0, 0.05) is 43.5 Å². The molecule has 1 aromatic heterocycles. The van der Waals surface area contributed by atoms with Crippen LogP contribution >= 0.6 is 0 Å². The van der Waals surface area contributed by atoms with Crippen molar-refractivity contribution in [3.63, 3.8) is 0 Å². The fourth-order valence-corrected chi connectivity index (χ4v) is 3.86. The van der Waals surface area contributed by atoms with Crippen molar-refractivity contribution in [3.05, 3.63) is 83.2 Å². The largest absolute Gasteiger partial charge is 0.368 e. The first-order valence-corrected chi connectivity index (χ1v) is 10.2. The smallest absolute Gasteiger partial charge is 0.267 e. The Morgan fingerprint density at radius 3 is 2.07 bits per heavy atom. The molecule has 6 nitrogen and oxygen atoms in total. The summed E-state index contributed by atoms with van der Waals surface area (Å²) in [5.41, 5.74) is 1.39. The van der Waals surface area contributed by atoms with Crippen molar-refractivity contribution in [1.29, 1.82) is 0 Å². The lowest BCUT2D eigenvalue weighted by molar-refractivity contribution is -0.140. The van der Waals surface area contributed by atoms with E-state index in [9.17, 15) is 9.59 Å². The number of nitrogens with zero attached hydrogens (tertiary/aromatic N) is 4. The number of amides is 1. The summed E-state index contributed by atoms with van der Waals surface area (Å²) >= 11 is 0. The predicted molar refractivity (Wildman–Crippen MR) is 118 cm³/mol. The number of hydrogen-bond acceptors (Lipinski definition) is 4. The first-order valence-electron chi connectivity index (χ1n) is 10.2. The van der Waals surface area contributed by atoms with Gasteiger partial charge < -0.3 is 9.80 Å². The molecule has 30 heavy (non-hydrogen) atoms. The molecule has 1 fully saturated rings. The maximum Gasteiger partial charge on any atom is 0.267 e. The van der Waals surface area contributed by atoms with Crippen LogP contribution in [0.1, 0.15) is 13.8 Å². The van der Waals surface area contributed by atoms with Crippen molar-refractivity contribution in [2.24, 2.45) is 0 Å². The van der Waals surface area contributed by atoms with E-state index in [2.05, 4.69) is 22.1 Å². The van der Waals surface area contributed by atoms with Crippen molar-refractivity contribution in [3.8, 4) is 11.3 Å². The highest BCUT2D eigenvalue weighted by Gasteiger charge is 2.37. The van der Waals surface area contributed by atoms with Crippen molar-refractivity contribution in [2.75, 3.05) is 31.1 Å². The number of para-hydroxylation sites is 1. The second-order valence-corrected chi connectivity index (χ2v) is 8.01. The molecule has 1 aliphatic heterocycles. The zero-order chi connectivity index (χ0) is 21.1. The molecule has 154 valence electrons. The SMILES string of the molecule is CC(C)(C(=O)N1CCN(c2ccccc2)CC1)n1nc(-c2ccccc2)ccc1=O. The van der Waals surface area contributed by atoms with Crippen LogP contribution in [0, 0.1) is 0 Å². The number of rotatable bonds is 4. The molecule has 0 aliphatic carbocycles. The Hall–Kier alpha value is -3.41. The molecule has 0 atom stereocenters. The van der Waals surface area contributed by atoms with Crippen LogP contribution in [0.3, 0.4) is 0 Å². The Morgan fingerprint density at radius 1 is 0.833 bits per heavy atom. The standard InChI is InChI=1S/C24H26N4O2/c1-24(2,28-22(29)14-13-21(25-28)19-9-5-3-6-10-19)23(30)27-17-15-26(16-18-27)20-11-7-4-8-12-20/h3-14H,15-18H2,1-2H3. The van der Waals surface area contributed by atoms with Gasteiger partial charge in [-0.25, -0.2) is 4.68 Å². The van der Waals surface area contributed by atoms with Gasteiger partial charge in [0.2, 0.25) is 5.91 Å². The molecule has 2 heterocycles. The maximum atomic E-state index is 13.4. The Morgan fingerprint density at radius 2 is 1.43 bits per heavy atom. The van der Waals surface area contributed by atoms with Crippen LogP contribution < -0.4 is 10.5 Å². The zero-order valence-corrected chi connectivity index (χ0v) is 17.4. The fourth-order valence-electron chi connectivity index (χ4n) is 3.86. The van der Waals surface area contributed by atoms with Crippen molar-refractivity contribution in [1.82, 2.24) is 14.7 Å². The van der Waals surface area contributed by atoms with E-state index >= 15 is 0 Å². The molecule has 1 aliphatic rings. The van der Waals surface area contributed by atoms with Crippen LogP contribution in [0.2, 0.25) is 0 Å². The van der Waals surface area contributed by atoms with E-state index in [-0.39, 0.29) is 11.5 Å². The average molecular weight is 402 g/mol. The van der Waals surface area contributed by atoms with Crippen molar-refractivity contribution >= 4 is 11.6 Å². The topological polar surface area (TPSA) is 58.4 Å². The Bertz CT molecular complexity index is 1070. The van der Waals surface area contributed by atoms with E-state index in [1.807, 2.05) is 53.4 Å². The van der Waals surface area contributed by atoms with Gasteiger partial charge in [0.05, 0.1) is 5.69 Å². The van der Waals surface area contributed by atoms with E-state index in [4.69, 9.17) is 0 Å². The summed E-state index contributed by atoms with van der Waals surface area (Å²) in [7, 11) is 0. The molecule has 0 spiro atoms.